The Labute approximate surface area is 201 Å². The molecule has 182 valence electrons. The molecule has 1 aromatic heterocycles. The van der Waals surface area contributed by atoms with E-state index >= 15 is 0 Å². The molecule has 1 aliphatic rings. The molecular formula is C27H35N3O4. The minimum atomic E-state index is -0.527. The molecule has 7 heteroatoms. The van der Waals surface area contributed by atoms with Gasteiger partial charge in [0.25, 0.3) is 0 Å². The lowest BCUT2D eigenvalue weighted by Gasteiger charge is -2.25. The summed E-state index contributed by atoms with van der Waals surface area (Å²) in [6.07, 6.45) is 2.55. The van der Waals surface area contributed by atoms with Crippen LogP contribution in [-0.2, 0) is 17.7 Å². The lowest BCUT2D eigenvalue weighted by atomic mass is 10.1. The Morgan fingerprint density at radius 1 is 1.06 bits per heavy atom. The second-order valence-corrected chi connectivity index (χ2v) is 8.58. The van der Waals surface area contributed by atoms with Gasteiger partial charge in [0.05, 0.1) is 36.8 Å². The van der Waals surface area contributed by atoms with E-state index in [0.29, 0.717) is 38.2 Å². The number of aryl methyl sites for hydroxylation is 1. The summed E-state index contributed by atoms with van der Waals surface area (Å²) in [5, 5.41) is 15.5. The van der Waals surface area contributed by atoms with Crippen LogP contribution in [0.4, 0.5) is 0 Å². The topological polar surface area (TPSA) is 69.0 Å². The first kappa shape index (κ1) is 24.3. The van der Waals surface area contributed by atoms with Crippen LogP contribution in [0, 0.1) is 0 Å². The Balaban J connectivity index is 1.68. The molecule has 0 spiro atoms. The van der Waals surface area contributed by atoms with Gasteiger partial charge in [0.2, 0.25) is 5.88 Å². The quantitative estimate of drug-likeness (QED) is 0.398. The molecule has 1 saturated carbocycles. The molecule has 0 saturated heterocycles. The normalized spacial score (nSPS) is 14.4. The third-order valence-electron chi connectivity index (χ3n) is 6.01. The predicted octanol–water partition coefficient (Wildman–Crippen LogP) is 4.60. The van der Waals surface area contributed by atoms with Gasteiger partial charge in [-0.1, -0.05) is 25.1 Å². The van der Waals surface area contributed by atoms with Gasteiger partial charge in [-0.3, -0.25) is 4.90 Å². The van der Waals surface area contributed by atoms with Crippen LogP contribution in [0.3, 0.4) is 0 Å². The van der Waals surface area contributed by atoms with Crippen molar-refractivity contribution in [1.82, 2.24) is 14.7 Å². The summed E-state index contributed by atoms with van der Waals surface area (Å²) in [7, 11) is 1.65. The lowest BCUT2D eigenvalue weighted by molar-refractivity contribution is 0.0177. The summed E-state index contributed by atoms with van der Waals surface area (Å²) in [6.45, 7) is 6.23. The van der Waals surface area contributed by atoms with Gasteiger partial charge in [0.15, 0.2) is 0 Å². The summed E-state index contributed by atoms with van der Waals surface area (Å²) in [5.41, 5.74) is 3.00. The molecule has 34 heavy (non-hydrogen) atoms. The average molecular weight is 466 g/mol. The number of methoxy groups -OCH3 is 1. The largest absolute Gasteiger partial charge is 0.497 e. The first-order valence-corrected chi connectivity index (χ1v) is 12.1. The highest BCUT2D eigenvalue weighted by Gasteiger charge is 2.33. The Morgan fingerprint density at radius 3 is 2.38 bits per heavy atom. The highest BCUT2D eigenvalue weighted by Crippen LogP contribution is 2.35. The minimum Gasteiger partial charge on any atom is -0.497 e. The van der Waals surface area contributed by atoms with Crippen molar-refractivity contribution < 1.29 is 19.3 Å². The van der Waals surface area contributed by atoms with Crippen LogP contribution in [0.5, 0.6) is 17.4 Å². The van der Waals surface area contributed by atoms with Gasteiger partial charge in [-0.15, -0.1) is 0 Å². The molecule has 1 heterocycles. The number of nitrogens with zero attached hydrogens (tertiary/aromatic N) is 3. The van der Waals surface area contributed by atoms with Crippen LogP contribution in [-0.4, -0.2) is 58.8 Å². The number of rotatable bonds is 13. The smallest absolute Gasteiger partial charge is 0.227 e. The zero-order valence-corrected chi connectivity index (χ0v) is 20.3. The van der Waals surface area contributed by atoms with Gasteiger partial charge in [0, 0.05) is 25.7 Å². The Kier molecular flexibility index (Phi) is 8.21. The third kappa shape index (κ3) is 5.97. The molecule has 2 aromatic carbocycles. The Bertz CT molecular complexity index is 1030. The lowest BCUT2D eigenvalue weighted by Crippen LogP contribution is -2.36. The molecule has 0 radical (unpaired) electrons. The maximum Gasteiger partial charge on any atom is 0.227 e. The number of para-hydroxylation sites is 1. The third-order valence-corrected chi connectivity index (χ3v) is 6.01. The summed E-state index contributed by atoms with van der Waals surface area (Å²) >= 11 is 0. The molecule has 0 bridgehead atoms. The summed E-state index contributed by atoms with van der Waals surface area (Å²) in [5.74, 6) is 2.20. The fourth-order valence-electron chi connectivity index (χ4n) is 4.09. The SMILES string of the molecule is CCOCC(O)CN(Cc1c(CC)nn(-c2ccccc2)c1Oc1ccc(OC)cc1)C1CC1. The minimum absolute atomic E-state index is 0.346. The molecule has 1 atom stereocenters. The number of hydrogen-bond acceptors (Lipinski definition) is 6. The van der Waals surface area contributed by atoms with Crippen LogP contribution in [0.15, 0.2) is 54.6 Å². The molecule has 1 N–H and O–H groups in total. The second kappa shape index (κ2) is 11.5. The van der Waals surface area contributed by atoms with Crippen LogP contribution >= 0.6 is 0 Å². The number of aromatic nitrogens is 2. The van der Waals surface area contributed by atoms with E-state index < -0.39 is 6.10 Å². The van der Waals surface area contributed by atoms with Crippen LogP contribution in [0.2, 0.25) is 0 Å². The molecule has 7 nitrogen and oxygen atoms in total. The zero-order valence-electron chi connectivity index (χ0n) is 20.3. The van der Waals surface area contributed by atoms with Crippen molar-refractivity contribution in [3.63, 3.8) is 0 Å². The maximum absolute atomic E-state index is 10.5. The fraction of sp³-hybridized carbons (Fsp3) is 0.444. The molecule has 0 amide bonds. The van der Waals surface area contributed by atoms with Gasteiger partial charge in [0.1, 0.15) is 11.5 Å². The maximum atomic E-state index is 10.5. The van der Waals surface area contributed by atoms with Gasteiger partial charge >= 0.3 is 0 Å². The number of ether oxygens (including phenoxy) is 3. The number of benzene rings is 2. The highest BCUT2D eigenvalue weighted by molar-refractivity contribution is 5.44. The first-order valence-electron chi connectivity index (χ1n) is 12.1. The van der Waals surface area contributed by atoms with E-state index in [0.717, 1.165) is 47.7 Å². The van der Waals surface area contributed by atoms with Gasteiger partial charge in [-0.25, -0.2) is 4.68 Å². The van der Waals surface area contributed by atoms with E-state index in [1.54, 1.807) is 7.11 Å². The van der Waals surface area contributed by atoms with Crippen molar-refractivity contribution >= 4 is 0 Å². The van der Waals surface area contributed by atoms with E-state index in [1.807, 2.05) is 66.2 Å². The monoisotopic (exact) mass is 465 g/mol. The number of aliphatic hydroxyl groups is 1. The Hall–Kier alpha value is -2.87. The van der Waals surface area contributed by atoms with E-state index in [-0.39, 0.29) is 0 Å². The van der Waals surface area contributed by atoms with E-state index in [2.05, 4.69) is 11.8 Å². The van der Waals surface area contributed by atoms with E-state index in [4.69, 9.17) is 19.3 Å². The molecular weight excluding hydrogens is 430 g/mol. The molecule has 0 aliphatic heterocycles. The number of aliphatic hydroxyl groups excluding tert-OH is 1. The van der Waals surface area contributed by atoms with Crippen LogP contribution in [0.1, 0.15) is 37.9 Å². The van der Waals surface area contributed by atoms with E-state index in [9.17, 15) is 5.11 Å². The van der Waals surface area contributed by atoms with Crippen molar-refractivity contribution in [2.24, 2.45) is 0 Å². The zero-order chi connectivity index (χ0) is 23.9. The second-order valence-electron chi connectivity index (χ2n) is 8.58. The van der Waals surface area contributed by atoms with Crippen molar-refractivity contribution in [2.75, 3.05) is 26.9 Å². The highest BCUT2D eigenvalue weighted by atomic mass is 16.5. The van der Waals surface area contributed by atoms with Gasteiger partial charge in [-0.2, -0.15) is 5.10 Å². The molecule has 4 rings (SSSR count). The van der Waals surface area contributed by atoms with Crippen molar-refractivity contribution in [3.8, 4) is 23.1 Å². The number of hydrogen-bond donors (Lipinski definition) is 1. The molecule has 1 aliphatic carbocycles. The van der Waals surface area contributed by atoms with Crippen molar-refractivity contribution in [1.29, 1.82) is 0 Å². The summed E-state index contributed by atoms with van der Waals surface area (Å²) in [6, 6.07) is 18.1. The molecule has 3 aromatic rings. The van der Waals surface area contributed by atoms with Crippen molar-refractivity contribution in [2.45, 2.75) is 51.8 Å². The first-order chi connectivity index (χ1) is 16.6. The van der Waals surface area contributed by atoms with Gasteiger partial charge < -0.3 is 19.3 Å². The fourth-order valence-corrected chi connectivity index (χ4v) is 4.09. The standard InChI is InChI=1S/C27H35N3O4/c1-4-26-25(18-29(20-11-12-20)17-22(31)19-33-5-2)27(30(28-26)21-9-7-6-8-10-21)34-24-15-13-23(32-3)14-16-24/h6-10,13-16,20,22,31H,4-5,11-12,17-19H2,1-3H3. The summed E-state index contributed by atoms with van der Waals surface area (Å²) in [4.78, 5) is 2.34. The predicted molar refractivity (Wildman–Crippen MR) is 132 cm³/mol. The van der Waals surface area contributed by atoms with Crippen LogP contribution in [0.25, 0.3) is 5.69 Å². The molecule has 1 fully saturated rings. The van der Waals surface area contributed by atoms with E-state index in [1.165, 1.54) is 0 Å². The summed E-state index contributed by atoms with van der Waals surface area (Å²) < 4.78 is 19.1. The molecule has 1 unspecified atom stereocenters. The Morgan fingerprint density at radius 2 is 1.76 bits per heavy atom. The van der Waals surface area contributed by atoms with Crippen molar-refractivity contribution in [3.05, 3.63) is 65.9 Å². The average Bonchev–Trinajstić information content (AvgIpc) is 3.67. The van der Waals surface area contributed by atoms with Gasteiger partial charge in [-0.05, 0) is 62.6 Å². The van der Waals surface area contributed by atoms with Crippen LogP contribution < -0.4 is 9.47 Å².